The summed E-state index contributed by atoms with van der Waals surface area (Å²) in [5, 5.41) is 29.8. The van der Waals surface area contributed by atoms with Crippen LogP contribution in [0.5, 0.6) is 0 Å². The monoisotopic (exact) mass is 446 g/mol. The number of carboxylic acids is 3. The van der Waals surface area contributed by atoms with Crippen molar-refractivity contribution in [2.24, 2.45) is 0 Å². The number of nitrogens with one attached hydrogen (secondary N) is 1. The molecule has 0 saturated heterocycles. The van der Waals surface area contributed by atoms with E-state index in [9.17, 15) is 24.0 Å². The Morgan fingerprint density at radius 1 is 0.645 bits per heavy atom. The number of ketones is 1. The number of carbonyl (C=O) groups excluding carboxylic acids is 2. The van der Waals surface area contributed by atoms with Crippen LogP contribution in [0.4, 0.5) is 0 Å². The van der Waals surface area contributed by atoms with E-state index in [1.54, 1.807) is 4.90 Å². The van der Waals surface area contributed by atoms with Gasteiger partial charge in [-0.2, -0.15) is 0 Å². The van der Waals surface area contributed by atoms with E-state index in [4.69, 9.17) is 15.3 Å². The lowest BCUT2D eigenvalue weighted by molar-refractivity contribution is -0.142. The molecule has 0 aromatic heterocycles. The SMILES string of the molecule is CC(=O)CN(CCN(CCN(CC(=O)O)CC(=O)O)CC(=O)NC(C)(C)C)CC(=O)O. The van der Waals surface area contributed by atoms with Crippen molar-refractivity contribution in [3.63, 3.8) is 0 Å². The predicted octanol–water partition coefficient (Wildman–Crippen LogP) is -1.35. The molecule has 0 aromatic rings. The van der Waals surface area contributed by atoms with Gasteiger partial charge in [-0.15, -0.1) is 0 Å². The molecule has 0 aromatic carbocycles. The lowest BCUT2D eigenvalue weighted by Gasteiger charge is -2.29. The summed E-state index contributed by atoms with van der Waals surface area (Å²) in [5.41, 5.74) is -0.467. The van der Waals surface area contributed by atoms with E-state index < -0.39 is 36.5 Å². The first-order valence-electron chi connectivity index (χ1n) is 9.81. The first-order chi connectivity index (χ1) is 14.2. The Labute approximate surface area is 181 Å². The van der Waals surface area contributed by atoms with Crippen molar-refractivity contribution in [1.82, 2.24) is 20.0 Å². The van der Waals surface area contributed by atoms with Crippen molar-refractivity contribution in [1.29, 1.82) is 0 Å². The standard InChI is InChI=1S/C19H34N4O8/c1-14(24)9-22(11-16(26)27)7-5-21(10-15(25)20-19(2,3)4)6-8-23(12-17(28)29)13-18(30)31/h5-13H2,1-4H3,(H,20,25)(H,26,27)(H,28,29)(H,30,31). The molecule has 0 fully saturated rings. The molecule has 0 aliphatic heterocycles. The number of Topliss-reactive ketones (excluding diaryl/α,β-unsaturated/α-hetero) is 1. The van der Waals surface area contributed by atoms with Gasteiger partial charge in [0, 0.05) is 31.7 Å². The zero-order valence-electron chi connectivity index (χ0n) is 18.6. The van der Waals surface area contributed by atoms with Gasteiger partial charge in [0.2, 0.25) is 5.91 Å². The fourth-order valence-electron chi connectivity index (χ4n) is 2.81. The topological polar surface area (TPSA) is 168 Å². The van der Waals surface area contributed by atoms with Crippen molar-refractivity contribution in [2.75, 3.05) is 58.9 Å². The summed E-state index contributed by atoms with van der Waals surface area (Å²) in [6.45, 7) is 6.09. The molecule has 0 aliphatic carbocycles. The maximum atomic E-state index is 12.4. The Balaban J connectivity index is 5.21. The molecule has 12 nitrogen and oxygen atoms in total. The maximum absolute atomic E-state index is 12.4. The Bertz CT molecular complexity index is 575. The molecule has 0 atom stereocenters. The van der Waals surface area contributed by atoms with Gasteiger partial charge in [-0.3, -0.25) is 38.7 Å². The van der Waals surface area contributed by atoms with Crippen LogP contribution in [0, 0.1) is 0 Å². The third-order valence-corrected chi connectivity index (χ3v) is 3.87. The summed E-state index contributed by atoms with van der Waals surface area (Å²) >= 11 is 0. The van der Waals surface area contributed by atoms with Gasteiger partial charge in [-0.25, -0.2) is 0 Å². The number of carboxylic acid groups (broad SMARTS) is 3. The van der Waals surface area contributed by atoms with Crippen LogP contribution in [0.15, 0.2) is 0 Å². The van der Waals surface area contributed by atoms with Crippen molar-refractivity contribution in [3.8, 4) is 0 Å². The highest BCUT2D eigenvalue weighted by atomic mass is 16.4. The van der Waals surface area contributed by atoms with Gasteiger partial charge in [0.15, 0.2) is 0 Å². The molecule has 12 heteroatoms. The molecular formula is C19H34N4O8. The molecule has 0 radical (unpaired) electrons. The average molecular weight is 447 g/mol. The van der Waals surface area contributed by atoms with Crippen molar-refractivity contribution >= 4 is 29.6 Å². The molecule has 31 heavy (non-hydrogen) atoms. The fraction of sp³-hybridized carbons (Fsp3) is 0.737. The molecule has 1 amide bonds. The van der Waals surface area contributed by atoms with Crippen LogP contribution in [-0.4, -0.2) is 124 Å². The maximum Gasteiger partial charge on any atom is 0.317 e. The molecule has 0 rings (SSSR count). The number of hydrogen-bond donors (Lipinski definition) is 4. The van der Waals surface area contributed by atoms with Crippen LogP contribution in [0.3, 0.4) is 0 Å². The largest absolute Gasteiger partial charge is 0.480 e. The molecule has 0 bridgehead atoms. The van der Waals surface area contributed by atoms with Crippen molar-refractivity contribution < 1.29 is 39.3 Å². The second kappa shape index (κ2) is 13.7. The first-order valence-corrected chi connectivity index (χ1v) is 9.81. The van der Waals surface area contributed by atoms with E-state index >= 15 is 0 Å². The van der Waals surface area contributed by atoms with Gasteiger partial charge >= 0.3 is 17.9 Å². The zero-order valence-corrected chi connectivity index (χ0v) is 18.6. The summed E-state index contributed by atoms with van der Waals surface area (Å²) in [5.74, 6) is -3.92. The third-order valence-electron chi connectivity index (χ3n) is 3.87. The molecule has 0 heterocycles. The number of aliphatic carboxylic acids is 3. The van der Waals surface area contributed by atoms with E-state index in [-0.39, 0.29) is 57.5 Å². The van der Waals surface area contributed by atoms with Crippen LogP contribution in [0.1, 0.15) is 27.7 Å². The van der Waals surface area contributed by atoms with Gasteiger partial charge in [-0.1, -0.05) is 0 Å². The van der Waals surface area contributed by atoms with Crippen LogP contribution in [0.25, 0.3) is 0 Å². The molecule has 178 valence electrons. The van der Waals surface area contributed by atoms with Gasteiger partial charge in [-0.05, 0) is 27.7 Å². The second-order valence-corrected chi connectivity index (χ2v) is 8.38. The van der Waals surface area contributed by atoms with Crippen LogP contribution in [0.2, 0.25) is 0 Å². The number of amides is 1. The molecule has 0 saturated carbocycles. The third kappa shape index (κ3) is 16.9. The van der Waals surface area contributed by atoms with Gasteiger partial charge in [0.25, 0.3) is 0 Å². The van der Waals surface area contributed by atoms with Gasteiger partial charge in [0.1, 0.15) is 5.78 Å². The lowest BCUT2D eigenvalue weighted by atomic mass is 10.1. The number of carbonyl (C=O) groups is 5. The molecule has 0 spiro atoms. The van der Waals surface area contributed by atoms with Crippen LogP contribution < -0.4 is 5.32 Å². The molecule has 0 aliphatic rings. The lowest BCUT2D eigenvalue weighted by Crippen LogP contribution is -2.49. The summed E-state index contributed by atoms with van der Waals surface area (Å²) in [6, 6.07) is 0. The Kier molecular flexibility index (Phi) is 12.5. The van der Waals surface area contributed by atoms with Gasteiger partial charge in [0.05, 0.1) is 32.7 Å². The highest BCUT2D eigenvalue weighted by molar-refractivity contribution is 5.79. The Morgan fingerprint density at radius 3 is 1.32 bits per heavy atom. The smallest absolute Gasteiger partial charge is 0.317 e. The van der Waals surface area contributed by atoms with Gasteiger partial charge < -0.3 is 20.6 Å². The van der Waals surface area contributed by atoms with Crippen molar-refractivity contribution in [2.45, 2.75) is 33.2 Å². The number of rotatable bonds is 16. The summed E-state index contributed by atoms with van der Waals surface area (Å²) < 4.78 is 0. The first kappa shape index (κ1) is 28.4. The van der Waals surface area contributed by atoms with Crippen LogP contribution in [-0.2, 0) is 24.0 Å². The number of nitrogens with zero attached hydrogens (tertiary/aromatic N) is 3. The molecule has 0 unspecified atom stereocenters. The Hall–Kier alpha value is -2.57. The summed E-state index contributed by atoms with van der Waals surface area (Å²) in [6.07, 6.45) is 0. The quantitative estimate of drug-likeness (QED) is 0.221. The van der Waals surface area contributed by atoms with E-state index in [0.29, 0.717) is 0 Å². The zero-order chi connectivity index (χ0) is 24.2. The summed E-state index contributed by atoms with van der Waals surface area (Å²) in [7, 11) is 0. The number of hydrogen-bond acceptors (Lipinski definition) is 8. The van der Waals surface area contributed by atoms with E-state index in [2.05, 4.69) is 5.32 Å². The summed E-state index contributed by atoms with van der Waals surface area (Å²) in [4.78, 5) is 61.1. The van der Waals surface area contributed by atoms with Crippen LogP contribution >= 0.6 is 0 Å². The van der Waals surface area contributed by atoms with E-state index in [0.717, 1.165) is 0 Å². The van der Waals surface area contributed by atoms with Crippen molar-refractivity contribution in [3.05, 3.63) is 0 Å². The highest BCUT2D eigenvalue weighted by Crippen LogP contribution is 2.01. The fourth-order valence-corrected chi connectivity index (χ4v) is 2.81. The predicted molar refractivity (Wildman–Crippen MR) is 111 cm³/mol. The minimum absolute atomic E-state index is 0.0494. The van der Waals surface area contributed by atoms with E-state index in [1.165, 1.54) is 16.7 Å². The average Bonchev–Trinajstić information content (AvgIpc) is 2.52. The van der Waals surface area contributed by atoms with E-state index in [1.807, 2.05) is 20.8 Å². The second-order valence-electron chi connectivity index (χ2n) is 8.38. The molecule has 4 N–H and O–H groups in total. The minimum Gasteiger partial charge on any atom is -0.480 e. The normalized spacial score (nSPS) is 11.7. The molecular weight excluding hydrogens is 412 g/mol. The highest BCUT2D eigenvalue weighted by Gasteiger charge is 2.20. The minimum atomic E-state index is -1.17. The Morgan fingerprint density at radius 2 is 1.00 bits per heavy atom.